The van der Waals surface area contributed by atoms with E-state index in [0.29, 0.717) is 0 Å². The summed E-state index contributed by atoms with van der Waals surface area (Å²) in [5, 5.41) is 10.5. The summed E-state index contributed by atoms with van der Waals surface area (Å²) in [4.78, 5) is 23.0. The summed E-state index contributed by atoms with van der Waals surface area (Å²) in [7, 11) is 0. The zero-order valence-corrected chi connectivity index (χ0v) is 9.28. The second kappa shape index (κ2) is 4.65. The number of carbonyl (C=O) groups is 1. The normalized spacial score (nSPS) is 11.1. The van der Waals surface area contributed by atoms with Gasteiger partial charge in [0.15, 0.2) is 6.29 Å². The number of hydrogen-bond donors (Lipinski definition) is 0. The molecule has 1 heterocycles. The van der Waals surface area contributed by atoms with Crippen LogP contribution in [0.2, 0.25) is 0 Å². The Labute approximate surface area is 99.7 Å². The van der Waals surface area contributed by atoms with E-state index in [2.05, 4.69) is 25.7 Å². The summed E-state index contributed by atoms with van der Waals surface area (Å²) in [5.74, 6) is -2.43. The first-order valence-electron chi connectivity index (χ1n) is 3.80. The van der Waals surface area contributed by atoms with Crippen molar-refractivity contribution in [1.82, 2.24) is 4.98 Å². The maximum atomic E-state index is 12.0. The largest absolute Gasteiger partial charge is 0.573 e. The van der Waals surface area contributed by atoms with Crippen molar-refractivity contribution in [3.05, 3.63) is 26.3 Å². The second-order valence-corrected chi connectivity index (χ2v) is 3.42. The van der Waals surface area contributed by atoms with Gasteiger partial charge in [0, 0.05) is 22.0 Å². The fourth-order valence-corrected chi connectivity index (χ4v) is 1.35. The smallest absolute Gasteiger partial charge is 0.396 e. The fraction of sp³-hybridized carbons (Fsp3) is 0.143. The zero-order chi connectivity index (χ0) is 13.2. The summed E-state index contributed by atoms with van der Waals surface area (Å²) in [6.07, 6.45) is -5.15. The zero-order valence-electron chi connectivity index (χ0n) is 7.69. The molecule has 0 unspecified atom stereocenters. The van der Waals surface area contributed by atoms with Crippen LogP contribution in [0.3, 0.4) is 0 Å². The first-order valence-corrected chi connectivity index (χ1v) is 4.59. The number of carbonyl (C=O) groups excluding carboxylic acids is 1. The Morgan fingerprint density at radius 2 is 2.12 bits per heavy atom. The third-order valence-corrected chi connectivity index (χ3v) is 1.88. The molecule has 1 aromatic heterocycles. The van der Waals surface area contributed by atoms with Gasteiger partial charge in [-0.1, -0.05) is 0 Å². The van der Waals surface area contributed by atoms with Crippen LogP contribution in [0.5, 0.6) is 5.75 Å². The standard InChI is InChI=1S/C7H2BrF3N2O4/c8-4-1-3(2-14)5(17-7(9,10)11)6(12-4)13(15)16/h1-2H. The van der Waals surface area contributed by atoms with Crippen molar-refractivity contribution in [1.29, 1.82) is 0 Å². The highest BCUT2D eigenvalue weighted by atomic mass is 79.9. The predicted molar refractivity (Wildman–Crippen MR) is 50.7 cm³/mol. The monoisotopic (exact) mass is 314 g/mol. The number of ether oxygens (including phenoxy) is 1. The number of aromatic nitrogens is 1. The van der Waals surface area contributed by atoms with E-state index < -0.39 is 28.4 Å². The van der Waals surface area contributed by atoms with Gasteiger partial charge < -0.3 is 14.9 Å². The highest BCUT2D eigenvalue weighted by Gasteiger charge is 2.37. The molecule has 0 saturated heterocycles. The minimum absolute atomic E-state index is 0.000509. The molecule has 92 valence electrons. The highest BCUT2D eigenvalue weighted by molar-refractivity contribution is 9.10. The van der Waals surface area contributed by atoms with E-state index in [4.69, 9.17) is 0 Å². The van der Waals surface area contributed by atoms with Crippen LogP contribution in [0.25, 0.3) is 0 Å². The van der Waals surface area contributed by atoms with Crippen LogP contribution in [0.15, 0.2) is 10.7 Å². The van der Waals surface area contributed by atoms with Gasteiger partial charge in [-0.25, -0.2) is 0 Å². The molecule has 0 atom stereocenters. The van der Waals surface area contributed by atoms with E-state index >= 15 is 0 Å². The Hall–Kier alpha value is -1.71. The summed E-state index contributed by atoms with van der Waals surface area (Å²) in [5.41, 5.74) is -0.629. The lowest BCUT2D eigenvalue weighted by Crippen LogP contribution is -2.19. The summed E-state index contributed by atoms with van der Waals surface area (Å²) >= 11 is 2.72. The summed E-state index contributed by atoms with van der Waals surface area (Å²) < 4.78 is 39.3. The van der Waals surface area contributed by atoms with Crippen LogP contribution in [0.4, 0.5) is 19.0 Å². The van der Waals surface area contributed by atoms with Gasteiger partial charge in [-0.15, -0.1) is 13.2 Å². The van der Waals surface area contributed by atoms with Crippen LogP contribution >= 0.6 is 15.9 Å². The first-order chi connectivity index (χ1) is 7.74. The van der Waals surface area contributed by atoms with Crippen molar-refractivity contribution in [3.8, 4) is 5.75 Å². The summed E-state index contributed by atoms with van der Waals surface area (Å²) in [6.45, 7) is 0. The molecule has 6 nitrogen and oxygen atoms in total. The minimum atomic E-state index is -5.15. The molecule has 10 heteroatoms. The number of nitro groups is 1. The molecule has 0 bridgehead atoms. The van der Waals surface area contributed by atoms with Crippen LogP contribution < -0.4 is 4.74 Å². The van der Waals surface area contributed by atoms with Gasteiger partial charge in [-0.05, 0) is 9.91 Å². The molecule has 1 aromatic rings. The maximum Gasteiger partial charge on any atom is 0.573 e. The van der Waals surface area contributed by atoms with Gasteiger partial charge in [0.05, 0.1) is 5.56 Å². The number of aldehydes is 1. The van der Waals surface area contributed by atoms with Crippen LogP contribution in [0, 0.1) is 10.1 Å². The van der Waals surface area contributed by atoms with E-state index in [9.17, 15) is 28.1 Å². The molecule has 1 rings (SSSR count). The molecule has 0 aromatic carbocycles. The second-order valence-electron chi connectivity index (χ2n) is 2.61. The minimum Gasteiger partial charge on any atom is -0.396 e. The molecule has 0 radical (unpaired) electrons. The molecule has 17 heavy (non-hydrogen) atoms. The maximum absolute atomic E-state index is 12.0. The molecule has 0 amide bonds. The molecule has 0 aliphatic heterocycles. The van der Waals surface area contributed by atoms with E-state index in [1.807, 2.05) is 0 Å². The molecule has 0 aliphatic carbocycles. The molecule has 0 fully saturated rings. The number of rotatable bonds is 3. The number of pyridine rings is 1. The van der Waals surface area contributed by atoms with Gasteiger partial charge in [0.1, 0.15) is 0 Å². The lowest BCUT2D eigenvalue weighted by molar-refractivity contribution is -0.393. The van der Waals surface area contributed by atoms with Crippen LogP contribution in [-0.4, -0.2) is 22.6 Å². The molecular formula is C7H2BrF3N2O4. The van der Waals surface area contributed by atoms with Crippen LogP contribution in [0.1, 0.15) is 10.4 Å². The number of hydrogen-bond acceptors (Lipinski definition) is 5. The van der Waals surface area contributed by atoms with Crippen molar-refractivity contribution in [2.24, 2.45) is 0 Å². The van der Waals surface area contributed by atoms with Crippen LogP contribution in [-0.2, 0) is 0 Å². The lowest BCUT2D eigenvalue weighted by atomic mass is 10.2. The van der Waals surface area contributed by atoms with E-state index in [-0.39, 0.29) is 10.9 Å². The van der Waals surface area contributed by atoms with E-state index in [1.165, 1.54) is 0 Å². The average molecular weight is 315 g/mol. The Bertz CT molecular complexity index is 477. The molecule has 0 saturated carbocycles. The Morgan fingerprint density at radius 1 is 1.53 bits per heavy atom. The predicted octanol–water partition coefficient (Wildman–Crippen LogP) is 2.46. The topological polar surface area (TPSA) is 82.3 Å². The summed E-state index contributed by atoms with van der Waals surface area (Å²) in [6, 6.07) is 0.876. The third-order valence-electron chi connectivity index (χ3n) is 1.47. The quantitative estimate of drug-likeness (QED) is 0.370. The van der Waals surface area contributed by atoms with Crippen molar-refractivity contribution in [2.75, 3.05) is 0 Å². The first kappa shape index (κ1) is 13.4. The van der Waals surface area contributed by atoms with Crippen molar-refractivity contribution < 1.29 is 27.6 Å². The van der Waals surface area contributed by atoms with Crippen molar-refractivity contribution in [2.45, 2.75) is 6.36 Å². The van der Waals surface area contributed by atoms with Gasteiger partial charge in [-0.2, -0.15) is 0 Å². The molecular weight excluding hydrogens is 313 g/mol. The molecule has 0 aliphatic rings. The number of alkyl halides is 3. The average Bonchev–Trinajstić information content (AvgIpc) is 2.17. The number of nitrogens with zero attached hydrogens (tertiary/aromatic N) is 2. The third kappa shape index (κ3) is 3.37. The van der Waals surface area contributed by atoms with Gasteiger partial charge in [-0.3, -0.25) is 4.79 Å². The fourth-order valence-electron chi connectivity index (χ4n) is 0.939. The van der Waals surface area contributed by atoms with Gasteiger partial charge in [0.2, 0.25) is 10.4 Å². The van der Waals surface area contributed by atoms with Gasteiger partial charge in [0.25, 0.3) is 0 Å². The number of halogens is 4. The highest BCUT2D eigenvalue weighted by Crippen LogP contribution is 2.34. The molecule has 0 N–H and O–H groups in total. The van der Waals surface area contributed by atoms with Crippen molar-refractivity contribution >= 4 is 28.0 Å². The van der Waals surface area contributed by atoms with Crippen molar-refractivity contribution in [3.63, 3.8) is 0 Å². The van der Waals surface area contributed by atoms with Gasteiger partial charge >= 0.3 is 12.2 Å². The van der Waals surface area contributed by atoms with E-state index in [1.54, 1.807) is 0 Å². The lowest BCUT2D eigenvalue weighted by Gasteiger charge is -2.10. The molecule has 0 spiro atoms. The van der Waals surface area contributed by atoms with E-state index in [0.717, 1.165) is 6.07 Å². The Morgan fingerprint density at radius 3 is 2.53 bits per heavy atom. The SMILES string of the molecule is O=Cc1cc(Br)nc([N+](=O)[O-])c1OC(F)(F)F. The Balaban J connectivity index is 3.42. The Kier molecular flexibility index (Phi) is 3.66.